The predicted octanol–water partition coefficient (Wildman–Crippen LogP) is 1.55. The van der Waals surface area contributed by atoms with Gasteiger partial charge in [0.05, 0.1) is 6.04 Å². The molecule has 0 spiro atoms. The monoisotopic (exact) mass is 179 g/mol. The van der Waals surface area contributed by atoms with Crippen molar-refractivity contribution in [3.05, 3.63) is 0 Å². The molecule has 0 aliphatic carbocycles. The second-order valence-electron chi connectivity index (χ2n) is 4.01. The lowest BCUT2D eigenvalue weighted by Crippen LogP contribution is -2.42. The quantitative estimate of drug-likeness (QED) is 0.554. The minimum absolute atomic E-state index is 0.498. The van der Waals surface area contributed by atoms with E-state index in [1.165, 1.54) is 32.2 Å². The maximum absolute atomic E-state index is 3.99. The van der Waals surface area contributed by atoms with E-state index in [1.807, 2.05) is 12.4 Å². The van der Waals surface area contributed by atoms with Crippen LogP contribution in [0, 0.1) is 5.92 Å². The second-order valence-corrected chi connectivity index (χ2v) is 4.01. The number of nitrogens with zero attached hydrogens (tertiary/aromatic N) is 3. The summed E-state index contributed by atoms with van der Waals surface area (Å²) in [5.41, 5.74) is 0. The smallest absolute Gasteiger partial charge is 0.0545 e. The molecule has 0 N–H and O–H groups in total. The third-order valence-corrected chi connectivity index (χ3v) is 3.04. The highest BCUT2D eigenvalue weighted by Gasteiger charge is 2.25. The number of fused-ring (bicyclic) bond motifs is 1. The molecule has 2 unspecified atom stereocenters. The average molecular weight is 179 g/mol. The molecular formula is C10H17N3. The lowest BCUT2D eigenvalue weighted by Gasteiger charge is -2.32. The molecule has 2 aliphatic rings. The van der Waals surface area contributed by atoms with E-state index >= 15 is 0 Å². The highest BCUT2D eigenvalue weighted by molar-refractivity contribution is 5.77. The molecule has 0 radical (unpaired) electrons. The molecule has 0 aromatic carbocycles. The fourth-order valence-corrected chi connectivity index (χ4v) is 2.18. The Balaban J connectivity index is 2.08. The Morgan fingerprint density at radius 2 is 2.00 bits per heavy atom. The van der Waals surface area contributed by atoms with Crippen molar-refractivity contribution < 1.29 is 0 Å². The molecule has 72 valence electrons. The summed E-state index contributed by atoms with van der Waals surface area (Å²) >= 11 is 0. The van der Waals surface area contributed by atoms with Gasteiger partial charge >= 0.3 is 0 Å². The molecule has 1 saturated heterocycles. The van der Waals surface area contributed by atoms with Crippen molar-refractivity contribution in [2.45, 2.75) is 31.7 Å². The Labute approximate surface area is 79.5 Å². The topological polar surface area (TPSA) is 28.0 Å². The van der Waals surface area contributed by atoms with Gasteiger partial charge in [0.1, 0.15) is 0 Å². The van der Waals surface area contributed by atoms with E-state index < -0.39 is 0 Å². The summed E-state index contributed by atoms with van der Waals surface area (Å²) in [4.78, 5) is 2.40. The van der Waals surface area contributed by atoms with Crippen LogP contribution in [0.25, 0.3) is 0 Å². The highest BCUT2D eigenvalue weighted by Crippen LogP contribution is 2.20. The van der Waals surface area contributed by atoms with Crippen LogP contribution in [0.1, 0.15) is 25.7 Å². The van der Waals surface area contributed by atoms with Gasteiger partial charge in [0.2, 0.25) is 0 Å². The third kappa shape index (κ3) is 1.97. The van der Waals surface area contributed by atoms with Gasteiger partial charge in [0.15, 0.2) is 0 Å². The molecule has 2 heterocycles. The van der Waals surface area contributed by atoms with Gasteiger partial charge in [-0.05, 0) is 26.4 Å². The molecule has 2 aliphatic heterocycles. The van der Waals surface area contributed by atoms with Crippen molar-refractivity contribution in [2.75, 3.05) is 13.6 Å². The van der Waals surface area contributed by atoms with Crippen LogP contribution in [0.4, 0.5) is 0 Å². The van der Waals surface area contributed by atoms with Crippen LogP contribution in [-0.4, -0.2) is 37.0 Å². The van der Waals surface area contributed by atoms with Crippen LogP contribution in [-0.2, 0) is 0 Å². The van der Waals surface area contributed by atoms with Gasteiger partial charge in [-0.15, -0.1) is 0 Å². The van der Waals surface area contributed by atoms with Crippen LogP contribution in [0.2, 0.25) is 0 Å². The van der Waals surface area contributed by atoms with Crippen LogP contribution >= 0.6 is 0 Å². The predicted molar refractivity (Wildman–Crippen MR) is 55.4 cm³/mol. The molecule has 1 fully saturated rings. The zero-order valence-electron chi connectivity index (χ0n) is 8.19. The standard InChI is InChI=1S/C10H17N3/c1-13-6-4-2-3-5-9-7-11-12-8-10(9)13/h7-10H,2-6H2,1H3. The molecular weight excluding hydrogens is 162 g/mol. The van der Waals surface area contributed by atoms with Gasteiger partial charge in [-0.2, -0.15) is 10.2 Å². The molecule has 0 amide bonds. The molecule has 3 nitrogen and oxygen atoms in total. The summed E-state index contributed by atoms with van der Waals surface area (Å²) in [6.45, 7) is 1.20. The minimum Gasteiger partial charge on any atom is -0.298 e. The van der Waals surface area contributed by atoms with E-state index in [1.54, 1.807) is 0 Å². The van der Waals surface area contributed by atoms with E-state index in [2.05, 4.69) is 22.2 Å². The van der Waals surface area contributed by atoms with Gasteiger partial charge in [0, 0.05) is 18.3 Å². The van der Waals surface area contributed by atoms with Gasteiger partial charge in [-0.25, -0.2) is 0 Å². The largest absolute Gasteiger partial charge is 0.298 e. The Kier molecular flexibility index (Phi) is 2.74. The first-order valence-corrected chi connectivity index (χ1v) is 5.15. The van der Waals surface area contributed by atoms with Crippen molar-refractivity contribution in [1.29, 1.82) is 0 Å². The fraction of sp³-hybridized carbons (Fsp3) is 0.800. The van der Waals surface area contributed by atoms with Crippen LogP contribution in [0.3, 0.4) is 0 Å². The number of rotatable bonds is 0. The highest BCUT2D eigenvalue weighted by atomic mass is 15.2. The third-order valence-electron chi connectivity index (χ3n) is 3.04. The lowest BCUT2D eigenvalue weighted by molar-refractivity contribution is 0.234. The van der Waals surface area contributed by atoms with Crippen molar-refractivity contribution in [3.63, 3.8) is 0 Å². The molecule has 0 aromatic heterocycles. The molecule has 0 aromatic rings. The van der Waals surface area contributed by atoms with E-state index in [0.717, 1.165) is 0 Å². The first kappa shape index (κ1) is 8.88. The fourth-order valence-electron chi connectivity index (χ4n) is 2.18. The first-order valence-electron chi connectivity index (χ1n) is 5.15. The summed E-state index contributed by atoms with van der Waals surface area (Å²) in [6, 6.07) is 0.498. The number of hydrogen-bond acceptors (Lipinski definition) is 3. The summed E-state index contributed by atoms with van der Waals surface area (Å²) < 4.78 is 0. The van der Waals surface area contributed by atoms with Gasteiger partial charge in [-0.3, -0.25) is 4.90 Å². The van der Waals surface area contributed by atoms with Crippen molar-refractivity contribution in [2.24, 2.45) is 16.1 Å². The van der Waals surface area contributed by atoms with Gasteiger partial charge in [-0.1, -0.05) is 12.8 Å². The van der Waals surface area contributed by atoms with E-state index in [-0.39, 0.29) is 0 Å². The second kappa shape index (κ2) is 4.01. The van der Waals surface area contributed by atoms with Crippen LogP contribution in [0.5, 0.6) is 0 Å². The maximum atomic E-state index is 3.99. The normalized spacial score (nSPS) is 35.2. The Bertz CT molecular complexity index is 222. The summed E-state index contributed by atoms with van der Waals surface area (Å²) in [5, 5.41) is 7.97. The molecule has 0 saturated carbocycles. The van der Waals surface area contributed by atoms with E-state index in [4.69, 9.17) is 0 Å². The molecule has 2 atom stereocenters. The number of hydrogen-bond donors (Lipinski definition) is 0. The lowest BCUT2D eigenvalue weighted by atomic mass is 9.91. The molecule has 13 heavy (non-hydrogen) atoms. The van der Waals surface area contributed by atoms with Crippen molar-refractivity contribution >= 4 is 12.4 Å². The van der Waals surface area contributed by atoms with E-state index in [0.29, 0.717) is 12.0 Å². The number of likely N-dealkylation sites (tertiary alicyclic amines) is 1. The van der Waals surface area contributed by atoms with Crippen molar-refractivity contribution in [3.8, 4) is 0 Å². The average Bonchev–Trinajstić information content (AvgIpc) is 2.14. The Morgan fingerprint density at radius 1 is 1.15 bits per heavy atom. The summed E-state index contributed by atoms with van der Waals surface area (Å²) in [7, 11) is 2.19. The summed E-state index contributed by atoms with van der Waals surface area (Å²) in [6.07, 6.45) is 9.31. The van der Waals surface area contributed by atoms with Crippen LogP contribution in [0.15, 0.2) is 10.2 Å². The van der Waals surface area contributed by atoms with E-state index in [9.17, 15) is 0 Å². The minimum atomic E-state index is 0.498. The molecule has 3 heteroatoms. The Hall–Kier alpha value is -0.700. The zero-order chi connectivity index (χ0) is 9.10. The van der Waals surface area contributed by atoms with Gasteiger partial charge in [0.25, 0.3) is 0 Å². The maximum Gasteiger partial charge on any atom is 0.0545 e. The SMILES string of the molecule is CN1CCCCCC2C=NN=CC21. The first-order chi connectivity index (χ1) is 6.38. The molecule has 0 bridgehead atoms. The Morgan fingerprint density at radius 3 is 2.92 bits per heavy atom. The summed E-state index contributed by atoms with van der Waals surface area (Å²) in [5.74, 6) is 0.600. The zero-order valence-corrected chi connectivity index (χ0v) is 8.19. The molecule has 2 rings (SSSR count). The van der Waals surface area contributed by atoms with Gasteiger partial charge < -0.3 is 0 Å². The van der Waals surface area contributed by atoms with Crippen molar-refractivity contribution in [1.82, 2.24) is 4.90 Å². The van der Waals surface area contributed by atoms with Crippen LogP contribution < -0.4 is 0 Å².